The predicted octanol–water partition coefficient (Wildman–Crippen LogP) is 2.61. The van der Waals surface area contributed by atoms with E-state index in [4.69, 9.17) is 9.47 Å². The molecule has 2 fully saturated rings. The van der Waals surface area contributed by atoms with E-state index in [1.165, 1.54) is 6.08 Å². The molecule has 4 rings (SSSR count). The number of thioether (sulfide) groups is 1. The third-order valence-corrected chi connectivity index (χ3v) is 6.88. The second-order valence-corrected chi connectivity index (χ2v) is 8.90. The number of carbonyl (C=O) groups excluding carboxylic acids is 1. The van der Waals surface area contributed by atoms with Gasteiger partial charge in [-0.3, -0.25) is 4.79 Å². The molecule has 0 spiro atoms. The lowest BCUT2D eigenvalue weighted by molar-refractivity contribution is -0.119. The van der Waals surface area contributed by atoms with Crippen LogP contribution in [0.3, 0.4) is 0 Å². The molecule has 0 radical (unpaired) electrons. The summed E-state index contributed by atoms with van der Waals surface area (Å²) >= 11 is 1.70. The van der Waals surface area contributed by atoms with Gasteiger partial charge in [-0.15, -0.1) is 0 Å². The van der Waals surface area contributed by atoms with Gasteiger partial charge in [0.2, 0.25) is 0 Å². The molecule has 9 heteroatoms. The second kappa shape index (κ2) is 9.49. The zero-order valence-electron chi connectivity index (χ0n) is 16.1. The first kappa shape index (κ1) is 20.7. The number of hydrogen-bond acceptors (Lipinski definition) is 6. The second-order valence-electron chi connectivity index (χ2n) is 7.61. The number of piperidine rings is 1. The molecule has 6 nitrogen and oxygen atoms in total. The molecule has 0 aromatic heterocycles. The minimum atomic E-state index is -1.09. The molecule has 1 N–H and O–H groups in total. The number of hydrogen-bond donors (Lipinski definition) is 1. The highest BCUT2D eigenvalue weighted by Gasteiger charge is 2.35. The lowest BCUT2D eigenvalue weighted by Crippen LogP contribution is -2.40. The van der Waals surface area contributed by atoms with Gasteiger partial charge in [0, 0.05) is 43.1 Å². The van der Waals surface area contributed by atoms with Gasteiger partial charge in [-0.25, -0.2) is 13.8 Å². The molecular formula is C20H25F2N3O3S. The highest BCUT2D eigenvalue weighted by molar-refractivity contribution is 8.00. The average Bonchev–Trinajstić information content (AvgIpc) is 2.72. The largest absolute Gasteiger partial charge is 0.493 e. The molecule has 158 valence electrons. The fourth-order valence-electron chi connectivity index (χ4n) is 3.79. The quantitative estimate of drug-likeness (QED) is 0.708. The van der Waals surface area contributed by atoms with Gasteiger partial charge < -0.3 is 14.8 Å². The van der Waals surface area contributed by atoms with Crippen LogP contribution in [0, 0.1) is 11.8 Å². The predicted molar refractivity (Wildman–Crippen MR) is 109 cm³/mol. The molecule has 2 saturated heterocycles. The minimum absolute atomic E-state index is 0.172. The van der Waals surface area contributed by atoms with Crippen LogP contribution in [0.5, 0.6) is 0 Å². The normalized spacial score (nSPS) is 30.7. The third-order valence-electron chi connectivity index (χ3n) is 5.51. The maximum absolute atomic E-state index is 14.5. The van der Waals surface area contributed by atoms with Crippen molar-refractivity contribution >= 4 is 29.2 Å². The zero-order valence-corrected chi connectivity index (χ0v) is 16.9. The van der Waals surface area contributed by atoms with Crippen molar-refractivity contribution in [3.63, 3.8) is 0 Å². The molecule has 0 aromatic carbocycles. The molecule has 29 heavy (non-hydrogen) atoms. The number of fused-ring (bicyclic) bond motifs is 1. The molecule has 1 amide bonds. The van der Waals surface area contributed by atoms with Crippen molar-refractivity contribution in [2.24, 2.45) is 21.8 Å². The van der Waals surface area contributed by atoms with Crippen LogP contribution in [-0.4, -0.2) is 67.5 Å². The monoisotopic (exact) mass is 425 g/mol. The lowest BCUT2D eigenvalue weighted by Gasteiger charge is -2.28. The number of allylic oxidation sites excluding steroid dienone is 2. The van der Waals surface area contributed by atoms with Crippen molar-refractivity contribution in [3.05, 3.63) is 23.7 Å². The Kier molecular flexibility index (Phi) is 6.77. The van der Waals surface area contributed by atoms with E-state index in [1.807, 2.05) is 0 Å². The van der Waals surface area contributed by atoms with Crippen LogP contribution in [0.4, 0.5) is 8.78 Å². The Morgan fingerprint density at radius 1 is 1.24 bits per heavy atom. The summed E-state index contributed by atoms with van der Waals surface area (Å²) in [4.78, 5) is 20.8. The van der Waals surface area contributed by atoms with Crippen molar-refractivity contribution in [1.82, 2.24) is 5.32 Å². The van der Waals surface area contributed by atoms with E-state index < -0.39 is 23.8 Å². The molecular weight excluding hydrogens is 400 g/mol. The number of rotatable bonds is 6. The molecule has 0 aromatic rings. The van der Waals surface area contributed by atoms with Crippen molar-refractivity contribution in [2.45, 2.75) is 30.7 Å². The van der Waals surface area contributed by atoms with Gasteiger partial charge in [0.05, 0.1) is 18.1 Å². The first-order valence-electron chi connectivity index (χ1n) is 10.1. The lowest BCUT2D eigenvalue weighted by atomic mass is 9.94. The van der Waals surface area contributed by atoms with Gasteiger partial charge in [-0.2, -0.15) is 16.8 Å². The number of amidine groups is 1. The van der Waals surface area contributed by atoms with Crippen LogP contribution in [0.15, 0.2) is 33.7 Å². The van der Waals surface area contributed by atoms with Crippen LogP contribution in [0.2, 0.25) is 0 Å². The van der Waals surface area contributed by atoms with Crippen molar-refractivity contribution < 1.29 is 23.0 Å². The molecule has 1 unspecified atom stereocenters. The number of nitrogens with one attached hydrogen (secondary N) is 1. The van der Waals surface area contributed by atoms with Crippen LogP contribution in [-0.2, 0) is 14.3 Å². The van der Waals surface area contributed by atoms with Gasteiger partial charge in [-0.1, -0.05) is 0 Å². The molecule has 3 aliphatic heterocycles. The first-order chi connectivity index (χ1) is 14.1. The summed E-state index contributed by atoms with van der Waals surface area (Å²) in [6, 6.07) is 0. The van der Waals surface area contributed by atoms with Gasteiger partial charge in [-0.05, 0) is 25.8 Å². The maximum atomic E-state index is 14.5. The average molecular weight is 426 g/mol. The Labute approximate surface area is 172 Å². The molecule has 3 atom stereocenters. The van der Waals surface area contributed by atoms with Crippen molar-refractivity contribution in [2.75, 3.05) is 38.7 Å². The summed E-state index contributed by atoms with van der Waals surface area (Å²) in [6.45, 7) is 2.72. The van der Waals surface area contributed by atoms with Crippen molar-refractivity contribution in [3.8, 4) is 0 Å². The molecule has 0 bridgehead atoms. The van der Waals surface area contributed by atoms with Crippen LogP contribution < -0.4 is 5.32 Å². The Morgan fingerprint density at radius 3 is 2.86 bits per heavy atom. The zero-order chi connectivity index (χ0) is 20.2. The Morgan fingerprint density at radius 2 is 2.07 bits per heavy atom. The minimum Gasteiger partial charge on any atom is -0.493 e. The van der Waals surface area contributed by atoms with Crippen LogP contribution in [0.25, 0.3) is 0 Å². The van der Waals surface area contributed by atoms with E-state index in [0.29, 0.717) is 35.5 Å². The third kappa shape index (κ3) is 5.13. The van der Waals surface area contributed by atoms with Gasteiger partial charge >= 0.3 is 0 Å². The maximum Gasteiger partial charge on any atom is 0.263 e. The highest BCUT2D eigenvalue weighted by Crippen LogP contribution is 2.30. The molecule has 1 aliphatic carbocycles. The number of halogens is 2. The highest BCUT2D eigenvalue weighted by atomic mass is 32.2. The summed E-state index contributed by atoms with van der Waals surface area (Å²) in [5.74, 6) is -1.31. The Bertz CT molecular complexity index is 762. The van der Waals surface area contributed by atoms with Crippen LogP contribution >= 0.6 is 11.8 Å². The SMILES string of the molecule is O=C1N=C(CSC2CCOCC2)N=C2C=C(OC[C@H]3CCNC[C@@H]3F)C=C(F)C12. The van der Waals surface area contributed by atoms with Gasteiger partial charge in [0.15, 0.2) is 0 Å². The number of ether oxygens (including phenoxy) is 2. The van der Waals surface area contributed by atoms with E-state index in [0.717, 1.165) is 32.6 Å². The molecule has 0 saturated carbocycles. The number of aliphatic imine (C=N–C) groups is 2. The summed E-state index contributed by atoms with van der Waals surface area (Å²) in [5.41, 5.74) is 0.310. The molecule has 4 aliphatic rings. The number of alkyl halides is 1. The van der Waals surface area contributed by atoms with Crippen molar-refractivity contribution in [1.29, 1.82) is 0 Å². The van der Waals surface area contributed by atoms with E-state index in [1.54, 1.807) is 17.8 Å². The summed E-state index contributed by atoms with van der Waals surface area (Å²) < 4.78 is 39.5. The van der Waals surface area contributed by atoms with E-state index in [2.05, 4.69) is 15.3 Å². The topological polar surface area (TPSA) is 72.3 Å². The molecule has 3 heterocycles. The fourth-order valence-corrected chi connectivity index (χ4v) is 4.83. The summed E-state index contributed by atoms with van der Waals surface area (Å²) in [5, 5.41) is 3.45. The number of nitrogens with zero attached hydrogens (tertiary/aromatic N) is 2. The smallest absolute Gasteiger partial charge is 0.263 e. The summed E-state index contributed by atoms with van der Waals surface area (Å²) in [7, 11) is 0. The van der Waals surface area contributed by atoms with E-state index in [-0.39, 0.29) is 18.3 Å². The number of carbonyl (C=O) groups is 1. The Balaban J connectivity index is 1.40. The fraction of sp³-hybridized carbons (Fsp3) is 0.650. The first-order valence-corrected chi connectivity index (χ1v) is 11.1. The van der Waals surface area contributed by atoms with Crippen LogP contribution in [0.1, 0.15) is 19.3 Å². The van der Waals surface area contributed by atoms with E-state index >= 15 is 0 Å². The Hall–Kier alpha value is -1.58. The standard InChI is InChI=1S/C20H25F2N3O3S/c21-15-7-13(28-10-12-1-4-23-9-16(12)22)8-17-19(15)20(26)25-18(24-17)11-29-14-2-5-27-6-3-14/h7-8,12,14,16,19,23H,1-6,9-11H2/t12-,16+,19?/m1/s1. The van der Waals surface area contributed by atoms with Gasteiger partial charge in [0.25, 0.3) is 5.91 Å². The summed E-state index contributed by atoms with van der Waals surface area (Å²) in [6.07, 6.45) is 4.38. The van der Waals surface area contributed by atoms with E-state index in [9.17, 15) is 13.6 Å². The number of amides is 1. The van der Waals surface area contributed by atoms with Gasteiger partial charge in [0.1, 0.15) is 29.5 Å².